The fourth-order valence-corrected chi connectivity index (χ4v) is 1.85. The molecule has 3 nitrogen and oxygen atoms in total. The molecule has 0 aliphatic carbocycles. The van der Waals surface area contributed by atoms with Gasteiger partial charge in [-0.25, -0.2) is 0 Å². The van der Waals surface area contributed by atoms with Crippen LogP contribution in [-0.2, 0) is 13.1 Å². The van der Waals surface area contributed by atoms with E-state index < -0.39 is 0 Å². The normalized spacial score (nSPS) is 17.1. The second kappa shape index (κ2) is 3.00. The van der Waals surface area contributed by atoms with Crippen molar-refractivity contribution in [3.05, 3.63) is 23.5 Å². The quantitative estimate of drug-likeness (QED) is 0.602. The lowest BCUT2D eigenvalue weighted by atomic mass is 10.3. The average Bonchev–Trinajstić information content (AvgIpc) is 2.46. The lowest BCUT2D eigenvalue weighted by molar-refractivity contribution is 0.100. The summed E-state index contributed by atoms with van der Waals surface area (Å²) in [4.78, 5) is 13.5. The minimum Gasteiger partial charge on any atom is -0.340 e. The van der Waals surface area contributed by atoms with Crippen LogP contribution in [0.25, 0.3) is 0 Å². The maximum atomic E-state index is 11.2. The van der Waals surface area contributed by atoms with Crippen LogP contribution in [0.1, 0.15) is 23.1 Å². The molecule has 1 aliphatic rings. The molecule has 70 valence electrons. The highest BCUT2D eigenvalue weighted by Gasteiger charge is 2.16. The van der Waals surface area contributed by atoms with Gasteiger partial charge in [-0.2, -0.15) is 0 Å². The molecule has 0 spiro atoms. The third-order valence-electron chi connectivity index (χ3n) is 2.57. The van der Waals surface area contributed by atoms with Crippen molar-refractivity contribution in [2.75, 3.05) is 13.6 Å². The summed E-state index contributed by atoms with van der Waals surface area (Å²) in [5.41, 5.74) is 2.10. The van der Waals surface area contributed by atoms with Gasteiger partial charge in [0.15, 0.2) is 5.78 Å². The molecule has 1 aliphatic heterocycles. The van der Waals surface area contributed by atoms with Crippen LogP contribution in [0.3, 0.4) is 0 Å². The van der Waals surface area contributed by atoms with Gasteiger partial charge in [0.05, 0.1) is 5.69 Å². The number of hydrogen-bond donors (Lipinski definition) is 0. The van der Waals surface area contributed by atoms with Gasteiger partial charge in [-0.1, -0.05) is 0 Å². The van der Waals surface area contributed by atoms with Crippen molar-refractivity contribution in [3.8, 4) is 0 Å². The molecule has 2 heterocycles. The second-order valence-electron chi connectivity index (χ2n) is 3.66. The molecule has 0 aromatic carbocycles. The molecule has 13 heavy (non-hydrogen) atoms. The van der Waals surface area contributed by atoms with E-state index in [0.717, 1.165) is 25.3 Å². The smallest absolute Gasteiger partial charge is 0.176 e. The van der Waals surface area contributed by atoms with E-state index in [4.69, 9.17) is 0 Å². The van der Waals surface area contributed by atoms with Crippen molar-refractivity contribution in [2.24, 2.45) is 0 Å². The predicted molar refractivity (Wildman–Crippen MR) is 50.8 cm³/mol. The molecule has 0 atom stereocenters. The Morgan fingerprint density at radius 2 is 2.15 bits per heavy atom. The zero-order chi connectivity index (χ0) is 9.42. The van der Waals surface area contributed by atoms with Gasteiger partial charge in [-0.05, 0) is 19.2 Å². The lowest BCUT2D eigenvalue weighted by Gasteiger charge is -2.25. The molecule has 0 saturated heterocycles. The zero-order valence-electron chi connectivity index (χ0n) is 8.08. The molecule has 3 heteroatoms. The Balaban J connectivity index is 2.39. The first-order chi connectivity index (χ1) is 6.18. The van der Waals surface area contributed by atoms with E-state index in [1.54, 1.807) is 6.92 Å². The molecular weight excluding hydrogens is 164 g/mol. The van der Waals surface area contributed by atoms with Gasteiger partial charge in [0, 0.05) is 32.3 Å². The van der Waals surface area contributed by atoms with Crippen LogP contribution in [0.4, 0.5) is 0 Å². The molecule has 0 radical (unpaired) electrons. The number of carbonyl (C=O) groups is 1. The van der Waals surface area contributed by atoms with E-state index in [-0.39, 0.29) is 5.78 Å². The molecule has 0 N–H and O–H groups in total. The van der Waals surface area contributed by atoms with Crippen molar-refractivity contribution < 1.29 is 4.79 Å². The summed E-state index contributed by atoms with van der Waals surface area (Å²) in [6, 6.07) is 3.98. The summed E-state index contributed by atoms with van der Waals surface area (Å²) < 4.78 is 2.13. The van der Waals surface area contributed by atoms with Crippen LogP contribution >= 0.6 is 0 Å². The first kappa shape index (κ1) is 8.51. The molecule has 0 bridgehead atoms. The summed E-state index contributed by atoms with van der Waals surface area (Å²) in [6.07, 6.45) is 0. The van der Waals surface area contributed by atoms with Crippen molar-refractivity contribution in [2.45, 2.75) is 20.0 Å². The van der Waals surface area contributed by atoms with Crippen LogP contribution in [-0.4, -0.2) is 28.8 Å². The monoisotopic (exact) mass is 178 g/mol. The third-order valence-corrected chi connectivity index (χ3v) is 2.57. The van der Waals surface area contributed by atoms with Crippen LogP contribution in [0.15, 0.2) is 12.1 Å². The van der Waals surface area contributed by atoms with Gasteiger partial charge in [-0.3, -0.25) is 9.69 Å². The Kier molecular flexibility index (Phi) is 1.96. The minimum absolute atomic E-state index is 0.163. The summed E-state index contributed by atoms with van der Waals surface area (Å²) >= 11 is 0. The van der Waals surface area contributed by atoms with E-state index in [1.807, 2.05) is 12.1 Å². The highest BCUT2D eigenvalue weighted by molar-refractivity contribution is 5.92. The SMILES string of the molecule is CC(=O)c1ccc2n1CCN(C)C2. The number of aromatic nitrogens is 1. The van der Waals surface area contributed by atoms with Gasteiger partial charge >= 0.3 is 0 Å². The van der Waals surface area contributed by atoms with E-state index in [2.05, 4.69) is 16.5 Å². The summed E-state index contributed by atoms with van der Waals surface area (Å²) in [7, 11) is 2.10. The van der Waals surface area contributed by atoms with Crippen molar-refractivity contribution in [3.63, 3.8) is 0 Å². The van der Waals surface area contributed by atoms with E-state index in [9.17, 15) is 4.79 Å². The molecular formula is C10H14N2O. The van der Waals surface area contributed by atoms with Gasteiger partial charge in [0.25, 0.3) is 0 Å². The maximum absolute atomic E-state index is 11.2. The van der Waals surface area contributed by atoms with Crippen LogP contribution in [0.2, 0.25) is 0 Å². The zero-order valence-corrected chi connectivity index (χ0v) is 8.08. The van der Waals surface area contributed by atoms with E-state index in [1.165, 1.54) is 5.69 Å². The minimum atomic E-state index is 0.163. The fourth-order valence-electron chi connectivity index (χ4n) is 1.85. The number of rotatable bonds is 1. The van der Waals surface area contributed by atoms with E-state index in [0.29, 0.717) is 0 Å². The Morgan fingerprint density at radius 3 is 2.85 bits per heavy atom. The van der Waals surface area contributed by atoms with Crippen molar-refractivity contribution >= 4 is 5.78 Å². The molecule has 0 unspecified atom stereocenters. The number of ketones is 1. The van der Waals surface area contributed by atoms with Crippen molar-refractivity contribution in [1.29, 1.82) is 0 Å². The van der Waals surface area contributed by atoms with Gasteiger partial charge in [0.1, 0.15) is 0 Å². The summed E-state index contributed by atoms with van der Waals surface area (Å²) in [6.45, 7) is 4.55. The number of hydrogen-bond acceptors (Lipinski definition) is 2. The fraction of sp³-hybridized carbons (Fsp3) is 0.500. The predicted octanol–water partition coefficient (Wildman–Crippen LogP) is 1.14. The van der Waals surface area contributed by atoms with Crippen molar-refractivity contribution in [1.82, 2.24) is 9.47 Å². The van der Waals surface area contributed by atoms with Gasteiger partial charge < -0.3 is 4.57 Å². The first-order valence-corrected chi connectivity index (χ1v) is 4.56. The number of Topliss-reactive ketones (excluding diaryl/α,β-unsaturated/α-hetero) is 1. The lowest BCUT2D eigenvalue weighted by Crippen LogP contribution is -2.31. The standard InChI is InChI=1S/C10H14N2O/c1-8(13)10-4-3-9-7-11(2)5-6-12(9)10/h3-4H,5-7H2,1-2H3. The number of likely N-dealkylation sites (N-methyl/N-ethyl adjacent to an activating group) is 1. The van der Waals surface area contributed by atoms with Gasteiger partial charge in [-0.15, -0.1) is 0 Å². The van der Waals surface area contributed by atoms with Gasteiger partial charge in [0.2, 0.25) is 0 Å². The number of fused-ring (bicyclic) bond motifs is 1. The molecule has 1 aromatic heterocycles. The number of nitrogens with zero attached hydrogens (tertiary/aromatic N) is 2. The maximum Gasteiger partial charge on any atom is 0.176 e. The number of carbonyl (C=O) groups excluding carboxylic acids is 1. The Labute approximate surface area is 78.0 Å². The molecule has 0 saturated carbocycles. The first-order valence-electron chi connectivity index (χ1n) is 4.56. The average molecular weight is 178 g/mol. The summed E-state index contributed by atoms with van der Waals surface area (Å²) in [5, 5.41) is 0. The topological polar surface area (TPSA) is 25.2 Å². The molecule has 2 rings (SSSR count). The Bertz CT molecular complexity index is 341. The van der Waals surface area contributed by atoms with Crippen LogP contribution in [0, 0.1) is 0 Å². The van der Waals surface area contributed by atoms with Crippen LogP contribution in [0.5, 0.6) is 0 Å². The molecule has 1 aromatic rings. The highest BCUT2D eigenvalue weighted by atomic mass is 16.1. The molecule has 0 fully saturated rings. The Morgan fingerprint density at radius 1 is 1.38 bits per heavy atom. The molecule has 0 amide bonds. The largest absolute Gasteiger partial charge is 0.340 e. The second-order valence-corrected chi connectivity index (χ2v) is 3.66. The van der Waals surface area contributed by atoms with E-state index >= 15 is 0 Å². The highest BCUT2D eigenvalue weighted by Crippen LogP contribution is 2.15. The third kappa shape index (κ3) is 1.40. The summed E-state index contributed by atoms with van der Waals surface area (Å²) in [5.74, 6) is 0.163. The Hall–Kier alpha value is -1.09. The van der Waals surface area contributed by atoms with Crippen LogP contribution < -0.4 is 0 Å².